The third kappa shape index (κ3) is 2.37. The van der Waals surface area contributed by atoms with E-state index in [9.17, 15) is 0 Å². The molecule has 0 radical (unpaired) electrons. The van der Waals surface area contributed by atoms with Crippen LogP contribution in [0.4, 0.5) is 0 Å². The number of halogens is 1. The van der Waals surface area contributed by atoms with Gasteiger partial charge < -0.3 is 0 Å². The van der Waals surface area contributed by atoms with Crippen molar-refractivity contribution in [2.45, 2.75) is 38.5 Å². The summed E-state index contributed by atoms with van der Waals surface area (Å²) >= 11 is 6.09. The molecule has 0 fully saturated rings. The van der Waals surface area contributed by atoms with E-state index in [2.05, 4.69) is 26.0 Å². The SMILES string of the molecule is CCCC1=CC=C(C)C(Cl)C1. The van der Waals surface area contributed by atoms with Crippen molar-refractivity contribution >= 4 is 11.6 Å². The van der Waals surface area contributed by atoms with Crippen LogP contribution < -0.4 is 0 Å². The molecule has 62 valence electrons. The molecule has 0 spiro atoms. The summed E-state index contributed by atoms with van der Waals surface area (Å²) in [7, 11) is 0. The fourth-order valence-corrected chi connectivity index (χ4v) is 1.59. The molecule has 0 aromatic carbocycles. The van der Waals surface area contributed by atoms with E-state index in [1.165, 1.54) is 24.0 Å². The van der Waals surface area contributed by atoms with Crippen molar-refractivity contribution in [2.75, 3.05) is 0 Å². The van der Waals surface area contributed by atoms with Gasteiger partial charge in [-0.05, 0) is 19.8 Å². The van der Waals surface area contributed by atoms with Crippen LogP contribution in [0.2, 0.25) is 0 Å². The summed E-state index contributed by atoms with van der Waals surface area (Å²) in [6.07, 6.45) is 7.84. The highest BCUT2D eigenvalue weighted by atomic mass is 35.5. The molecule has 1 rings (SSSR count). The normalized spacial score (nSPS) is 24.5. The highest BCUT2D eigenvalue weighted by Gasteiger charge is 2.12. The van der Waals surface area contributed by atoms with E-state index in [-0.39, 0.29) is 5.38 Å². The fraction of sp³-hybridized carbons (Fsp3) is 0.600. The Bertz CT molecular complexity index is 189. The van der Waals surface area contributed by atoms with Crippen LogP contribution in [0.3, 0.4) is 0 Å². The van der Waals surface area contributed by atoms with Crippen LogP contribution >= 0.6 is 11.6 Å². The van der Waals surface area contributed by atoms with Crippen LogP contribution in [0.5, 0.6) is 0 Å². The third-order valence-electron chi connectivity index (χ3n) is 2.09. The molecule has 0 aromatic rings. The van der Waals surface area contributed by atoms with E-state index >= 15 is 0 Å². The van der Waals surface area contributed by atoms with Crippen molar-refractivity contribution in [2.24, 2.45) is 0 Å². The van der Waals surface area contributed by atoms with Crippen molar-refractivity contribution in [3.8, 4) is 0 Å². The van der Waals surface area contributed by atoms with Crippen LogP contribution in [0.1, 0.15) is 33.1 Å². The summed E-state index contributed by atoms with van der Waals surface area (Å²) in [6.45, 7) is 4.30. The van der Waals surface area contributed by atoms with Gasteiger partial charge in [0.1, 0.15) is 0 Å². The minimum Gasteiger partial charge on any atom is -0.118 e. The number of hydrogen-bond donors (Lipinski definition) is 0. The largest absolute Gasteiger partial charge is 0.118 e. The molecular formula is C10H15Cl. The molecule has 1 aliphatic rings. The maximum absolute atomic E-state index is 6.09. The van der Waals surface area contributed by atoms with Crippen molar-refractivity contribution < 1.29 is 0 Å². The van der Waals surface area contributed by atoms with Crippen molar-refractivity contribution in [1.29, 1.82) is 0 Å². The van der Waals surface area contributed by atoms with Gasteiger partial charge in [-0.25, -0.2) is 0 Å². The molecule has 0 saturated heterocycles. The first kappa shape index (κ1) is 8.86. The lowest BCUT2D eigenvalue weighted by Crippen LogP contribution is -2.05. The van der Waals surface area contributed by atoms with E-state index in [4.69, 9.17) is 11.6 Å². The van der Waals surface area contributed by atoms with Crippen LogP contribution in [0.25, 0.3) is 0 Å². The summed E-state index contributed by atoms with van der Waals surface area (Å²) in [5.74, 6) is 0. The Labute approximate surface area is 73.9 Å². The number of hydrogen-bond acceptors (Lipinski definition) is 0. The first-order valence-electron chi connectivity index (χ1n) is 4.24. The predicted octanol–water partition coefficient (Wildman–Crippen LogP) is 3.67. The summed E-state index contributed by atoms with van der Waals surface area (Å²) in [5.41, 5.74) is 2.80. The zero-order valence-corrected chi connectivity index (χ0v) is 7.99. The van der Waals surface area contributed by atoms with E-state index in [0.717, 1.165) is 6.42 Å². The average Bonchev–Trinajstić information content (AvgIpc) is 1.98. The Kier molecular flexibility index (Phi) is 3.19. The topological polar surface area (TPSA) is 0 Å². The Morgan fingerprint density at radius 1 is 1.55 bits per heavy atom. The van der Waals surface area contributed by atoms with Gasteiger partial charge in [-0.3, -0.25) is 0 Å². The van der Waals surface area contributed by atoms with Crippen LogP contribution in [-0.2, 0) is 0 Å². The van der Waals surface area contributed by atoms with Gasteiger partial charge in [0.05, 0.1) is 5.38 Å². The number of alkyl halides is 1. The predicted molar refractivity (Wildman–Crippen MR) is 51.0 cm³/mol. The molecule has 1 unspecified atom stereocenters. The van der Waals surface area contributed by atoms with Gasteiger partial charge in [0.15, 0.2) is 0 Å². The fourth-order valence-electron chi connectivity index (χ4n) is 1.32. The summed E-state index contributed by atoms with van der Waals surface area (Å²) in [6, 6.07) is 0. The zero-order chi connectivity index (χ0) is 8.27. The first-order valence-corrected chi connectivity index (χ1v) is 4.68. The number of rotatable bonds is 2. The third-order valence-corrected chi connectivity index (χ3v) is 2.59. The quantitative estimate of drug-likeness (QED) is 0.555. The van der Waals surface area contributed by atoms with Gasteiger partial charge >= 0.3 is 0 Å². The highest BCUT2D eigenvalue weighted by Crippen LogP contribution is 2.25. The molecular weight excluding hydrogens is 156 g/mol. The van der Waals surface area contributed by atoms with E-state index in [1.807, 2.05) is 0 Å². The van der Waals surface area contributed by atoms with Crippen LogP contribution in [-0.4, -0.2) is 5.38 Å². The van der Waals surface area contributed by atoms with Crippen LogP contribution in [0.15, 0.2) is 23.3 Å². The van der Waals surface area contributed by atoms with Crippen molar-refractivity contribution in [3.63, 3.8) is 0 Å². The van der Waals surface area contributed by atoms with Gasteiger partial charge in [-0.1, -0.05) is 36.6 Å². The Morgan fingerprint density at radius 3 is 2.82 bits per heavy atom. The molecule has 0 bridgehead atoms. The Hall–Kier alpha value is -0.230. The average molecular weight is 171 g/mol. The van der Waals surface area contributed by atoms with Crippen molar-refractivity contribution in [3.05, 3.63) is 23.3 Å². The molecule has 0 heterocycles. The van der Waals surface area contributed by atoms with E-state index in [0.29, 0.717) is 0 Å². The second kappa shape index (κ2) is 3.96. The maximum Gasteiger partial charge on any atom is 0.0582 e. The summed E-state index contributed by atoms with van der Waals surface area (Å²) < 4.78 is 0. The molecule has 0 aliphatic heterocycles. The zero-order valence-electron chi connectivity index (χ0n) is 7.23. The molecule has 0 aromatic heterocycles. The molecule has 0 amide bonds. The second-order valence-electron chi connectivity index (χ2n) is 3.16. The molecule has 1 heteroatoms. The maximum atomic E-state index is 6.09. The molecule has 1 atom stereocenters. The van der Waals surface area contributed by atoms with Gasteiger partial charge in [-0.15, -0.1) is 11.6 Å². The molecule has 0 N–H and O–H groups in total. The highest BCUT2D eigenvalue weighted by molar-refractivity contribution is 6.22. The Balaban J connectivity index is 2.58. The van der Waals surface area contributed by atoms with Gasteiger partial charge in [0, 0.05) is 0 Å². The lowest BCUT2D eigenvalue weighted by atomic mass is 9.96. The van der Waals surface area contributed by atoms with Crippen molar-refractivity contribution in [1.82, 2.24) is 0 Å². The summed E-state index contributed by atoms with van der Waals surface area (Å²) in [5, 5.41) is 0.251. The minimum atomic E-state index is 0.251. The van der Waals surface area contributed by atoms with E-state index in [1.54, 1.807) is 0 Å². The van der Waals surface area contributed by atoms with Crippen LogP contribution in [0, 0.1) is 0 Å². The standard InChI is InChI=1S/C10H15Cl/c1-3-4-9-6-5-8(2)10(11)7-9/h5-6,10H,3-4,7H2,1-2H3. The number of allylic oxidation sites excluding steroid dienone is 4. The molecule has 0 nitrogen and oxygen atoms in total. The molecule has 1 aliphatic carbocycles. The second-order valence-corrected chi connectivity index (χ2v) is 3.68. The Morgan fingerprint density at radius 2 is 2.27 bits per heavy atom. The lowest BCUT2D eigenvalue weighted by Gasteiger charge is -2.16. The first-order chi connectivity index (χ1) is 5.24. The summed E-state index contributed by atoms with van der Waals surface area (Å²) in [4.78, 5) is 0. The van der Waals surface area contributed by atoms with Gasteiger partial charge in [0.25, 0.3) is 0 Å². The monoisotopic (exact) mass is 170 g/mol. The van der Waals surface area contributed by atoms with E-state index < -0.39 is 0 Å². The molecule has 11 heavy (non-hydrogen) atoms. The smallest absolute Gasteiger partial charge is 0.0582 e. The molecule has 0 saturated carbocycles. The lowest BCUT2D eigenvalue weighted by molar-refractivity contribution is 0.806. The van der Waals surface area contributed by atoms with Gasteiger partial charge in [-0.2, -0.15) is 0 Å². The minimum absolute atomic E-state index is 0.251. The van der Waals surface area contributed by atoms with Gasteiger partial charge in [0.2, 0.25) is 0 Å².